The van der Waals surface area contributed by atoms with Crippen LogP contribution in [0.1, 0.15) is 22.1 Å². The fourth-order valence-corrected chi connectivity index (χ4v) is 3.94. The van der Waals surface area contributed by atoms with Crippen LogP contribution in [0.3, 0.4) is 0 Å². The second kappa shape index (κ2) is 8.19. The number of hydrogen-bond donors (Lipinski definition) is 1. The number of carbonyl (C=O) groups is 1. The number of aromatic nitrogens is 5. The predicted molar refractivity (Wildman–Crippen MR) is 115 cm³/mol. The van der Waals surface area contributed by atoms with Crippen molar-refractivity contribution < 1.29 is 9.32 Å². The van der Waals surface area contributed by atoms with Gasteiger partial charge in [-0.15, -0.1) is 11.8 Å². The van der Waals surface area contributed by atoms with Gasteiger partial charge in [0.15, 0.2) is 5.82 Å². The molecule has 11 heteroatoms. The number of thioether (sulfide) groups is 1. The van der Waals surface area contributed by atoms with Crippen LogP contribution >= 0.6 is 11.8 Å². The number of fused-ring (bicyclic) bond motifs is 1. The number of amides is 1. The van der Waals surface area contributed by atoms with Crippen LogP contribution in [0.25, 0.3) is 11.0 Å². The molecule has 0 aliphatic heterocycles. The molecular formula is C20H18N6O4S. The van der Waals surface area contributed by atoms with E-state index in [0.717, 1.165) is 9.46 Å². The number of pyridine rings is 1. The van der Waals surface area contributed by atoms with Crippen molar-refractivity contribution in [2.24, 2.45) is 14.1 Å². The Bertz CT molecular complexity index is 1420. The number of aryl methyl sites for hydroxylation is 2. The first-order chi connectivity index (χ1) is 14.8. The Kier molecular flexibility index (Phi) is 5.42. The minimum atomic E-state index is -0.479. The van der Waals surface area contributed by atoms with Gasteiger partial charge in [0.05, 0.1) is 28.6 Å². The molecule has 0 saturated heterocycles. The zero-order valence-electron chi connectivity index (χ0n) is 16.9. The number of benzene rings is 1. The fourth-order valence-electron chi connectivity index (χ4n) is 3.05. The maximum Gasteiger partial charge on any atom is 0.332 e. The van der Waals surface area contributed by atoms with E-state index in [1.165, 1.54) is 42.7 Å². The predicted octanol–water partition coefficient (Wildman–Crippen LogP) is 1.87. The highest BCUT2D eigenvalue weighted by Gasteiger charge is 2.15. The summed E-state index contributed by atoms with van der Waals surface area (Å²) in [7, 11) is 2.93. The van der Waals surface area contributed by atoms with Gasteiger partial charge in [-0.1, -0.05) is 17.3 Å². The number of nitrogens with zero attached hydrogens (tertiary/aromatic N) is 5. The Labute approximate surface area is 179 Å². The Hall–Kier alpha value is -3.73. The molecule has 3 heterocycles. The topological polar surface area (TPSA) is 125 Å². The second-order valence-electron chi connectivity index (χ2n) is 6.78. The summed E-state index contributed by atoms with van der Waals surface area (Å²) < 4.78 is 7.40. The summed E-state index contributed by atoms with van der Waals surface area (Å²) in [5, 5.41) is 6.76. The van der Waals surface area contributed by atoms with E-state index in [1.54, 1.807) is 19.1 Å². The molecule has 10 nitrogen and oxygen atoms in total. The molecule has 0 unspecified atom stereocenters. The van der Waals surface area contributed by atoms with E-state index < -0.39 is 11.2 Å². The highest BCUT2D eigenvalue weighted by molar-refractivity contribution is 7.98. The molecule has 1 amide bonds. The lowest BCUT2D eigenvalue weighted by Crippen LogP contribution is -2.37. The van der Waals surface area contributed by atoms with Crippen molar-refractivity contribution in [3.8, 4) is 0 Å². The third-order valence-corrected chi connectivity index (χ3v) is 5.66. The fraction of sp³-hybridized carbons (Fsp3) is 0.200. The SMILES string of the molecule is Cc1noc(CSc2ccccc2C(=O)Nc2cnc3c(c2)c(=O)n(C)c(=O)n3C)n1. The number of hydrogen-bond acceptors (Lipinski definition) is 8. The van der Waals surface area contributed by atoms with Gasteiger partial charge in [-0.3, -0.25) is 18.7 Å². The molecule has 0 fully saturated rings. The molecular weight excluding hydrogens is 420 g/mol. The molecule has 0 radical (unpaired) electrons. The van der Waals surface area contributed by atoms with Gasteiger partial charge < -0.3 is 9.84 Å². The third-order valence-electron chi connectivity index (χ3n) is 4.60. The van der Waals surface area contributed by atoms with Gasteiger partial charge in [0.25, 0.3) is 11.5 Å². The molecule has 0 saturated carbocycles. The number of anilines is 1. The molecule has 3 aromatic heterocycles. The van der Waals surface area contributed by atoms with Crippen LogP contribution in [0, 0.1) is 6.92 Å². The molecule has 4 aromatic rings. The van der Waals surface area contributed by atoms with Gasteiger partial charge in [-0.2, -0.15) is 4.98 Å². The molecule has 0 atom stereocenters. The third kappa shape index (κ3) is 3.99. The Morgan fingerprint density at radius 2 is 1.97 bits per heavy atom. The van der Waals surface area contributed by atoms with Gasteiger partial charge in [-0.05, 0) is 25.1 Å². The van der Waals surface area contributed by atoms with Crippen molar-refractivity contribution in [1.82, 2.24) is 24.3 Å². The summed E-state index contributed by atoms with van der Waals surface area (Å²) in [6, 6.07) is 8.64. The van der Waals surface area contributed by atoms with E-state index in [1.807, 2.05) is 12.1 Å². The van der Waals surface area contributed by atoms with Gasteiger partial charge in [0, 0.05) is 19.0 Å². The molecule has 0 spiro atoms. The van der Waals surface area contributed by atoms with Crippen molar-refractivity contribution in [3.05, 3.63) is 74.6 Å². The van der Waals surface area contributed by atoms with Gasteiger partial charge in [-0.25, -0.2) is 9.78 Å². The second-order valence-corrected chi connectivity index (χ2v) is 7.79. The first kappa shape index (κ1) is 20.5. The van der Waals surface area contributed by atoms with E-state index in [9.17, 15) is 14.4 Å². The van der Waals surface area contributed by atoms with E-state index >= 15 is 0 Å². The van der Waals surface area contributed by atoms with Crippen LogP contribution in [0.15, 0.2) is 55.5 Å². The van der Waals surface area contributed by atoms with E-state index in [4.69, 9.17) is 4.52 Å². The Balaban J connectivity index is 1.61. The smallest absolute Gasteiger partial charge is 0.332 e. The minimum absolute atomic E-state index is 0.233. The van der Waals surface area contributed by atoms with Crippen LogP contribution in [0.2, 0.25) is 0 Å². The summed E-state index contributed by atoms with van der Waals surface area (Å²) in [6.07, 6.45) is 1.41. The van der Waals surface area contributed by atoms with Crippen molar-refractivity contribution in [2.75, 3.05) is 5.32 Å². The van der Waals surface area contributed by atoms with Crippen LogP contribution < -0.4 is 16.6 Å². The average molecular weight is 438 g/mol. The molecule has 1 aromatic carbocycles. The number of rotatable bonds is 5. The Morgan fingerprint density at radius 3 is 2.71 bits per heavy atom. The van der Waals surface area contributed by atoms with Crippen molar-refractivity contribution in [1.29, 1.82) is 0 Å². The molecule has 0 bridgehead atoms. The monoisotopic (exact) mass is 438 g/mol. The molecule has 4 rings (SSSR count). The highest BCUT2D eigenvalue weighted by Crippen LogP contribution is 2.26. The number of carbonyl (C=O) groups excluding carboxylic acids is 1. The summed E-state index contributed by atoms with van der Waals surface area (Å²) in [4.78, 5) is 46.5. The van der Waals surface area contributed by atoms with Gasteiger partial charge in [0.2, 0.25) is 5.89 Å². The lowest BCUT2D eigenvalue weighted by Gasteiger charge is -2.11. The van der Waals surface area contributed by atoms with E-state index in [0.29, 0.717) is 28.7 Å². The van der Waals surface area contributed by atoms with Crippen molar-refractivity contribution >= 4 is 34.4 Å². The highest BCUT2D eigenvalue weighted by atomic mass is 32.2. The van der Waals surface area contributed by atoms with Gasteiger partial charge in [0.1, 0.15) is 5.65 Å². The maximum atomic E-state index is 12.9. The van der Waals surface area contributed by atoms with E-state index in [2.05, 4.69) is 20.4 Å². The standard InChI is InChI=1S/C20H18N6O4S/c1-11-22-16(30-24-11)10-31-15-7-5-4-6-13(15)18(27)23-12-8-14-17(21-9-12)25(2)20(29)26(3)19(14)28/h4-9H,10H2,1-3H3,(H,23,27). The summed E-state index contributed by atoms with van der Waals surface area (Å²) in [5.74, 6) is 1.09. The van der Waals surface area contributed by atoms with Crippen LogP contribution in [-0.2, 0) is 19.8 Å². The quantitative estimate of drug-likeness (QED) is 0.468. The summed E-state index contributed by atoms with van der Waals surface area (Å²) in [5.41, 5.74) is 0.103. The summed E-state index contributed by atoms with van der Waals surface area (Å²) in [6.45, 7) is 1.74. The van der Waals surface area contributed by atoms with Gasteiger partial charge >= 0.3 is 5.69 Å². The molecule has 31 heavy (non-hydrogen) atoms. The van der Waals surface area contributed by atoms with Crippen LogP contribution in [0.5, 0.6) is 0 Å². The average Bonchev–Trinajstić information content (AvgIpc) is 3.20. The molecule has 158 valence electrons. The largest absolute Gasteiger partial charge is 0.338 e. The molecule has 0 aliphatic carbocycles. The van der Waals surface area contributed by atoms with Crippen LogP contribution in [-0.4, -0.2) is 30.2 Å². The molecule has 0 aliphatic rings. The normalized spacial score (nSPS) is 11.1. The zero-order valence-corrected chi connectivity index (χ0v) is 17.8. The van der Waals surface area contributed by atoms with Crippen LogP contribution in [0.4, 0.5) is 5.69 Å². The van der Waals surface area contributed by atoms with Crippen molar-refractivity contribution in [3.63, 3.8) is 0 Å². The summed E-state index contributed by atoms with van der Waals surface area (Å²) >= 11 is 1.40. The van der Waals surface area contributed by atoms with E-state index in [-0.39, 0.29) is 16.9 Å². The lowest BCUT2D eigenvalue weighted by molar-refractivity contribution is 0.102. The lowest BCUT2D eigenvalue weighted by atomic mass is 10.2. The Morgan fingerprint density at radius 1 is 1.19 bits per heavy atom. The van der Waals surface area contributed by atoms with Crippen molar-refractivity contribution in [2.45, 2.75) is 17.6 Å². The zero-order chi connectivity index (χ0) is 22.1. The number of nitrogens with one attached hydrogen (secondary N) is 1. The minimum Gasteiger partial charge on any atom is -0.338 e. The first-order valence-electron chi connectivity index (χ1n) is 9.23. The molecule has 1 N–H and O–H groups in total. The maximum absolute atomic E-state index is 12.9. The first-order valence-corrected chi connectivity index (χ1v) is 10.2.